The third kappa shape index (κ3) is 8.80. The monoisotopic (exact) mass is 386 g/mol. The molecule has 6 heteroatoms. The zero-order chi connectivity index (χ0) is 19.6. The van der Waals surface area contributed by atoms with Crippen molar-refractivity contribution < 1.29 is 22.8 Å². The topological polar surface area (TPSA) is 54.0 Å². The van der Waals surface area contributed by atoms with E-state index < -0.39 is 8.80 Å². The lowest BCUT2D eigenvalue weighted by atomic mass is 10.0. The van der Waals surface area contributed by atoms with Crippen LogP contribution in [0.5, 0.6) is 0 Å². The van der Waals surface area contributed by atoms with Crippen LogP contribution in [-0.4, -0.2) is 39.7 Å². The van der Waals surface area contributed by atoms with E-state index in [2.05, 4.69) is 27.4 Å². The fraction of sp³-hybridized carbons (Fsp3) is 0.850. The highest BCUT2D eigenvalue weighted by molar-refractivity contribution is 6.61. The molecule has 0 aromatic rings. The van der Waals surface area contributed by atoms with Crippen molar-refractivity contribution in [1.29, 1.82) is 0 Å². The molecule has 0 amide bonds. The standard InChI is InChI=1S/C20H38O5Si/c1-7-23-26(24-18(4)16-20(5,6)25-26)15-13-11-9-8-10-12-14-22-19(21)17(2)3/h18H,2,7-16H2,1,3-6H3. The Bertz CT molecular complexity index is 451. The third-order valence-electron chi connectivity index (χ3n) is 4.41. The largest absolute Gasteiger partial charge is 0.501 e. The molecule has 1 aliphatic rings. The molecule has 0 bridgehead atoms. The Morgan fingerprint density at radius 3 is 2.38 bits per heavy atom. The normalized spacial score (nSPS) is 25.0. The quantitative estimate of drug-likeness (QED) is 0.204. The second-order valence-corrected chi connectivity index (χ2v) is 10.5. The molecule has 0 saturated carbocycles. The van der Waals surface area contributed by atoms with E-state index in [-0.39, 0.29) is 17.7 Å². The van der Waals surface area contributed by atoms with Crippen molar-refractivity contribution in [2.75, 3.05) is 13.2 Å². The first-order valence-electron chi connectivity index (χ1n) is 10.0. The maximum atomic E-state index is 11.3. The lowest BCUT2D eigenvalue weighted by Crippen LogP contribution is -2.58. The van der Waals surface area contributed by atoms with Crippen molar-refractivity contribution in [3.63, 3.8) is 0 Å². The first kappa shape index (κ1) is 23.3. The number of rotatable bonds is 12. The predicted molar refractivity (Wildman–Crippen MR) is 106 cm³/mol. The first-order valence-corrected chi connectivity index (χ1v) is 12.0. The van der Waals surface area contributed by atoms with Crippen LogP contribution in [0, 0.1) is 0 Å². The molecule has 1 aliphatic heterocycles. The van der Waals surface area contributed by atoms with Crippen molar-refractivity contribution in [1.82, 2.24) is 0 Å². The van der Waals surface area contributed by atoms with Crippen molar-refractivity contribution >= 4 is 14.8 Å². The highest BCUT2D eigenvalue weighted by Crippen LogP contribution is 2.35. The van der Waals surface area contributed by atoms with E-state index in [0.29, 0.717) is 18.8 Å². The Morgan fingerprint density at radius 1 is 1.19 bits per heavy atom. The van der Waals surface area contributed by atoms with Crippen molar-refractivity contribution in [2.45, 2.75) is 97.3 Å². The van der Waals surface area contributed by atoms with Gasteiger partial charge >= 0.3 is 14.8 Å². The Kier molecular flexibility index (Phi) is 10.1. The van der Waals surface area contributed by atoms with E-state index in [0.717, 1.165) is 44.6 Å². The van der Waals surface area contributed by atoms with Crippen LogP contribution in [-0.2, 0) is 22.8 Å². The number of carbonyl (C=O) groups excluding carboxylic acids is 1. The molecule has 26 heavy (non-hydrogen) atoms. The van der Waals surface area contributed by atoms with Gasteiger partial charge in [-0.25, -0.2) is 4.79 Å². The van der Waals surface area contributed by atoms with Crippen LogP contribution in [0.15, 0.2) is 12.2 Å². The lowest BCUT2D eigenvalue weighted by molar-refractivity contribution is -0.139. The molecule has 5 nitrogen and oxygen atoms in total. The molecule has 0 aliphatic carbocycles. The van der Waals surface area contributed by atoms with Crippen LogP contribution in [0.3, 0.4) is 0 Å². The van der Waals surface area contributed by atoms with Crippen LogP contribution in [0.25, 0.3) is 0 Å². The molecule has 1 rings (SSSR count). The molecule has 1 saturated heterocycles. The smallest absolute Gasteiger partial charge is 0.462 e. The fourth-order valence-corrected chi connectivity index (χ4v) is 6.72. The molecule has 2 unspecified atom stereocenters. The molecule has 0 spiro atoms. The summed E-state index contributed by atoms with van der Waals surface area (Å²) in [4.78, 5) is 11.3. The molecule has 0 radical (unpaired) electrons. The highest BCUT2D eigenvalue weighted by Gasteiger charge is 2.50. The third-order valence-corrected chi connectivity index (χ3v) is 7.73. The fourth-order valence-electron chi connectivity index (χ4n) is 3.43. The van der Waals surface area contributed by atoms with Gasteiger partial charge in [0.25, 0.3) is 0 Å². The SMILES string of the molecule is C=C(C)C(=O)OCCCCCCCC[Si]1(OCC)OC(C)CC(C)(C)O1. The summed E-state index contributed by atoms with van der Waals surface area (Å²) >= 11 is 0. The molecule has 0 aromatic heterocycles. The van der Waals surface area contributed by atoms with Gasteiger partial charge in [0.2, 0.25) is 0 Å². The first-order chi connectivity index (χ1) is 12.2. The van der Waals surface area contributed by atoms with Crippen LogP contribution in [0.4, 0.5) is 0 Å². The molecule has 0 aromatic carbocycles. The van der Waals surface area contributed by atoms with E-state index in [4.69, 9.17) is 18.0 Å². The Hall–Kier alpha value is -0.693. The van der Waals surface area contributed by atoms with Crippen molar-refractivity contribution in [2.24, 2.45) is 0 Å². The van der Waals surface area contributed by atoms with E-state index in [1.54, 1.807) is 6.92 Å². The second kappa shape index (κ2) is 11.2. The number of unbranched alkanes of at least 4 members (excludes halogenated alkanes) is 5. The van der Waals surface area contributed by atoms with E-state index >= 15 is 0 Å². The summed E-state index contributed by atoms with van der Waals surface area (Å²) < 4.78 is 23.6. The minimum atomic E-state index is -2.55. The van der Waals surface area contributed by atoms with Gasteiger partial charge in [0.15, 0.2) is 0 Å². The summed E-state index contributed by atoms with van der Waals surface area (Å²) in [6.07, 6.45) is 7.63. The van der Waals surface area contributed by atoms with Gasteiger partial charge in [0.05, 0.1) is 12.2 Å². The zero-order valence-corrected chi connectivity index (χ0v) is 18.4. The van der Waals surface area contributed by atoms with Crippen LogP contribution in [0.1, 0.15) is 79.6 Å². The molecule has 152 valence electrons. The van der Waals surface area contributed by atoms with E-state index in [1.165, 1.54) is 6.42 Å². The summed E-state index contributed by atoms with van der Waals surface area (Å²) in [5, 5.41) is 0. The van der Waals surface area contributed by atoms with Crippen LogP contribution < -0.4 is 0 Å². The number of hydrogen-bond acceptors (Lipinski definition) is 5. The number of ether oxygens (including phenoxy) is 1. The number of hydrogen-bond donors (Lipinski definition) is 0. The Labute approximate surface area is 160 Å². The van der Waals surface area contributed by atoms with Crippen LogP contribution in [0.2, 0.25) is 6.04 Å². The Morgan fingerprint density at radius 2 is 1.81 bits per heavy atom. The van der Waals surface area contributed by atoms with E-state index in [1.807, 2.05) is 6.92 Å². The average Bonchev–Trinajstić information content (AvgIpc) is 2.51. The molecular formula is C20H38O5Si. The van der Waals surface area contributed by atoms with Gasteiger partial charge in [-0.05, 0) is 53.9 Å². The van der Waals surface area contributed by atoms with Gasteiger partial charge in [-0.15, -0.1) is 0 Å². The summed E-state index contributed by atoms with van der Waals surface area (Å²) in [6.45, 7) is 14.8. The van der Waals surface area contributed by atoms with Crippen molar-refractivity contribution in [3.8, 4) is 0 Å². The second-order valence-electron chi connectivity index (χ2n) is 7.90. The Balaban J connectivity index is 2.20. The van der Waals surface area contributed by atoms with Gasteiger partial charge < -0.3 is 18.0 Å². The van der Waals surface area contributed by atoms with Gasteiger partial charge in [-0.2, -0.15) is 0 Å². The zero-order valence-electron chi connectivity index (χ0n) is 17.4. The summed E-state index contributed by atoms with van der Waals surface area (Å²) in [5.74, 6) is -0.291. The number of esters is 1. The van der Waals surface area contributed by atoms with Gasteiger partial charge in [0.1, 0.15) is 0 Å². The molecule has 1 heterocycles. The minimum Gasteiger partial charge on any atom is -0.462 e. The average molecular weight is 387 g/mol. The van der Waals surface area contributed by atoms with Gasteiger partial charge in [-0.3, -0.25) is 0 Å². The lowest BCUT2D eigenvalue weighted by Gasteiger charge is -2.45. The maximum absolute atomic E-state index is 11.3. The predicted octanol–water partition coefficient (Wildman–Crippen LogP) is 5.03. The van der Waals surface area contributed by atoms with Crippen molar-refractivity contribution in [3.05, 3.63) is 12.2 Å². The minimum absolute atomic E-state index is 0.166. The molecular weight excluding hydrogens is 348 g/mol. The number of carbonyl (C=O) groups is 1. The molecule has 0 N–H and O–H groups in total. The molecule has 1 fully saturated rings. The van der Waals surface area contributed by atoms with Gasteiger partial charge in [-0.1, -0.05) is 32.3 Å². The highest BCUT2D eigenvalue weighted by atomic mass is 28.4. The van der Waals surface area contributed by atoms with Crippen LogP contribution >= 0.6 is 0 Å². The van der Waals surface area contributed by atoms with Gasteiger partial charge in [0, 0.05) is 24.3 Å². The summed E-state index contributed by atoms with van der Waals surface area (Å²) in [6, 6.07) is 0.894. The van der Waals surface area contributed by atoms with E-state index in [9.17, 15) is 4.79 Å². The summed E-state index contributed by atoms with van der Waals surface area (Å²) in [5.41, 5.74) is 0.294. The summed E-state index contributed by atoms with van der Waals surface area (Å²) in [7, 11) is -2.55. The molecule has 2 atom stereocenters. The maximum Gasteiger partial charge on any atom is 0.501 e.